The third-order valence-electron chi connectivity index (χ3n) is 17.9. The summed E-state index contributed by atoms with van der Waals surface area (Å²) in [7, 11) is 0. The number of rotatable bonds is 8. The van der Waals surface area contributed by atoms with Crippen molar-refractivity contribution in [2.45, 2.75) is 202 Å². The fourth-order valence-corrected chi connectivity index (χ4v) is 14.3. The highest BCUT2D eigenvalue weighted by Crippen LogP contribution is 2.70. The summed E-state index contributed by atoms with van der Waals surface area (Å²) >= 11 is 0. The molecule has 354 valence electrons. The van der Waals surface area contributed by atoms with Gasteiger partial charge in [-0.25, -0.2) is 0 Å². The van der Waals surface area contributed by atoms with Gasteiger partial charge in [0.25, 0.3) is 0 Å². The SMILES string of the molecule is CC1CCC2(NC1)OC1CC3C4CC=C5CC(OC6OC(CO)C(OC7C(O)OC(CO)C(O)C7O)C(O)C6OC6OC(C)C(O)C(O)C6O)CCC5(C)C4CCC3(C)C1C2C. The maximum absolute atomic E-state index is 12.0. The first-order valence-corrected chi connectivity index (χ1v) is 23.5. The van der Waals surface area contributed by atoms with Gasteiger partial charge in [0.1, 0.15) is 72.9 Å². The van der Waals surface area contributed by atoms with Crippen molar-refractivity contribution in [3.63, 3.8) is 0 Å². The van der Waals surface area contributed by atoms with Crippen LogP contribution in [0.15, 0.2) is 11.6 Å². The van der Waals surface area contributed by atoms with Crippen molar-refractivity contribution in [1.82, 2.24) is 5.32 Å². The molecule has 5 heterocycles. The Kier molecular flexibility index (Phi) is 12.9. The molecule has 0 bridgehead atoms. The Morgan fingerprint density at radius 3 is 2.18 bits per heavy atom. The summed E-state index contributed by atoms with van der Waals surface area (Å²) in [5, 5.41) is 100. The average Bonchev–Trinajstić information content (AvgIpc) is 3.70. The molecule has 3 saturated carbocycles. The molecule has 17 heteroatoms. The number of piperidine rings is 1. The minimum atomic E-state index is -1.84. The normalized spacial score (nSPS) is 57.6. The molecular weight excluding hydrogens is 810 g/mol. The van der Waals surface area contributed by atoms with Crippen molar-refractivity contribution in [3.05, 3.63) is 11.6 Å². The van der Waals surface area contributed by atoms with Crippen LogP contribution < -0.4 is 5.32 Å². The highest BCUT2D eigenvalue weighted by Gasteiger charge is 2.68. The van der Waals surface area contributed by atoms with Crippen molar-refractivity contribution in [1.29, 1.82) is 0 Å². The van der Waals surface area contributed by atoms with Gasteiger partial charge in [-0.3, -0.25) is 5.32 Å². The second kappa shape index (κ2) is 17.3. The number of aliphatic hydroxyl groups excluding tert-OH is 9. The van der Waals surface area contributed by atoms with E-state index in [4.69, 9.17) is 33.2 Å². The van der Waals surface area contributed by atoms with Crippen molar-refractivity contribution < 1.29 is 79.1 Å². The van der Waals surface area contributed by atoms with E-state index in [0.717, 1.165) is 38.6 Å². The van der Waals surface area contributed by atoms with Crippen molar-refractivity contribution in [2.24, 2.45) is 46.3 Å². The van der Waals surface area contributed by atoms with Crippen LogP contribution in [0.25, 0.3) is 0 Å². The molecule has 0 aromatic carbocycles. The maximum atomic E-state index is 12.0. The molecule has 8 fully saturated rings. The lowest BCUT2D eigenvalue weighted by Crippen LogP contribution is -2.67. The number of nitrogens with one attached hydrogen (secondary N) is 1. The first-order valence-electron chi connectivity index (χ1n) is 23.5. The minimum Gasteiger partial charge on any atom is -0.394 e. The first-order chi connectivity index (χ1) is 29.4. The molecule has 0 aromatic rings. The highest BCUT2D eigenvalue weighted by molar-refractivity contribution is 5.26. The van der Waals surface area contributed by atoms with Crippen molar-refractivity contribution >= 4 is 0 Å². The largest absolute Gasteiger partial charge is 0.394 e. The zero-order valence-electron chi connectivity index (χ0n) is 36.7. The van der Waals surface area contributed by atoms with E-state index in [1.807, 2.05) is 0 Å². The zero-order valence-corrected chi connectivity index (χ0v) is 36.7. The van der Waals surface area contributed by atoms with Gasteiger partial charge >= 0.3 is 0 Å². The van der Waals surface area contributed by atoms with Gasteiger partial charge in [-0.15, -0.1) is 0 Å². The molecule has 62 heavy (non-hydrogen) atoms. The monoisotopic (exact) mass is 883 g/mol. The smallest absolute Gasteiger partial charge is 0.187 e. The van der Waals surface area contributed by atoms with Crippen LogP contribution >= 0.6 is 0 Å². The van der Waals surface area contributed by atoms with E-state index in [-0.39, 0.29) is 28.8 Å². The number of hydrogen-bond donors (Lipinski definition) is 10. The Morgan fingerprint density at radius 2 is 1.47 bits per heavy atom. The number of ether oxygens (including phenoxy) is 7. The summed E-state index contributed by atoms with van der Waals surface area (Å²) in [4.78, 5) is 0. The van der Waals surface area contributed by atoms with Gasteiger partial charge in [-0.2, -0.15) is 0 Å². The van der Waals surface area contributed by atoms with Gasteiger partial charge in [0.15, 0.2) is 18.9 Å². The van der Waals surface area contributed by atoms with E-state index in [2.05, 4.69) is 39.1 Å². The van der Waals surface area contributed by atoms with Gasteiger partial charge in [0.05, 0.1) is 31.5 Å². The van der Waals surface area contributed by atoms with Crippen LogP contribution in [0.5, 0.6) is 0 Å². The molecule has 17 nitrogen and oxygen atoms in total. The predicted molar refractivity (Wildman–Crippen MR) is 216 cm³/mol. The van der Waals surface area contributed by atoms with E-state index < -0.39 is 105 Å². The standard InChI is InChI=1S/C45H73NO16/c1-19-8-13-45(46-16-19)20(2)30-27(62-45)15-26-24-7-6-22-14-23(9-11-43(22,4)25(24)10-12-44(26,30)5)57-42-39(61-41-35(53)33(51)31(49)21(3)56-41)36(54)37(29(18-48)59-42)60-38-34(52)32(50)28(17-47)58-40(38)55/h6,19-21,23-42,46-55H,7-18H2,1-5H3. The van der Waals surface area contributed by atoms with E-state index in [9.17, 15) is 46.0 Å². The zero-order chi connectivity index (χ0) is 44.2. The lowest BCUT2D eigenvalue weighted by molar-refractivity contribution is -0.383. The Labute approximate surface area is 364 Å². The Bertz CT molecular complexity index is 1620. The molecule has 5 saturated heterocycles. The van der Waals surface area contributed by atoms with Crippen LogP contribution in [0.3, 0.4) is 0 Å². The Morgan fingerprint density at radius 1 is 0.710 bits per heavy atom. The molecule has 0 aromatic heterocycles. The fourth-order valence-electron chi connectivity index (χ4n) is 14.3. The highest BCUT2D eigenvalue weighted by atomic mass is 16.8. The number of hydrogen-bond acceptors (Lipinski definition) is 17. The lowest BCUT2D eigenvalue weighted by Gasteiger charge is -2.59. The number of allylic oxidation sites excluding steroid dienone is 1. The van der Waals surface area contributed by atoms with Crippen LogP contribution in [-0.4, -0.2) is 176 Å². The molecule has 26 unspecified atom stereocenters. The molecule has 26 atom stereocenters. The summed E-state index contributed by atoms with van der Waals surface area (Å²) in [6.07, 6.45) is -11.7. The molecule has 5 aliphatic heterocycles. The summed E-state index contributed by atoms with van der Waals surface area (Å²) < 4.78 is 43.2. The summed E-state index contributed by atoms with van der Waals surface area (Å²) in [5.41, 5.74) is 1.34. The number of aliphatic hydroxyl groups is 9. The third kappa shape index (κ3) is 7.49. The number of fused-ring (bicyclic) bond motifs is 7. The van der Waals surface area contributed by atoms with Gasteiger partial charge in [0.2, 0.25) is 0 Å². The molecule has 9 rings (SSSR count). The minimum absolute atomic E-state index is 0.0253. The summed E-state index contributed by atoms with van der Waals surface area (Å²) in [6.45, 7) is 10.9. The van der Waals surface area contributed by atoms with Crippen LogP contribution in [0.4, 0.5) is 0 Å². The Balaban J connectivity index is 0.918. The lowest BCUT2D eigenvalue weighted by atomic mass is 9.47. The second-order valence-electron chi connectivity index (χ2n) is 21.2. The predicted octanol–water partition coefficient (Wildman–Crippen LogP) is -0.213. The van der Waals surface area contributed by atoms with Crippen LogP contribution in [-0.2, 0) is 33.2 Å². The van der Waals surface area contributed by atoms with Crippen molar-refractivity contribution in [2.75, 3.05) is 19.8 Å². The van der Waals surface area contributed by atoms with Gasteiger partial charge in [0, 0.05) is 12.5 Å². The molecule has 9 aliphatic rings. The van der Waals surface area contributed by atoms with E-state index in [1.165, 1.54) is 25.3 Å². The molecule has 0 radical (unpaired) electrons. The van der Waals surface area contributed by atoms with E-state index in [1.54, 1.807) is 0 Å². The summed E-state index contributed by atoms with van der Waals surface area (Å²) in [6, 6.07) is 0. The topological polar surface area (TPSA) is 259 Å². The van der Waals surface area contributed by atoms with E-state index in [0.29, 0.717) is 48.3 Å². The van der Waals surface area contributed by atoms with Gasteiger partial charge < -0.3 is 79.1 Å². The molecule has 4 aliphatic carbocycles. The van der Waals surface area contributed by atoms with Gasteiger partial charge in [-0.1, -0.05) is 39.3 Å². The fraction of sp³-hybridized carbons (Fsp3) is 0.956. The second-order valence-corrected chi connectivity index (χ2v) is 21.2. The molecular formula is C45H73NO16. The average molecular weight is 884 g/mol. The van der Waals surface area contributed by atoms with Crippen LogP contribution in [0.1, 0.15) is 92.4 Å². The Hall–Kier alpha value is -0.940. The molecule has 10 N–H and O–H groups in total. The van der Waals surface area contributed by atoms with E-state index >= 15 is 0 Å². The molecule has 0 amide bonds. The van der Waals surface area contributed by atoms with Crippen LogP contribution in [0.2, 0.25) is 0 Å². The third-order valence-corrected chi connectivity index (χ3v) is 17.9. The van der Waals surface area contributed by atoms with Crippen LogP contribution in [0, 0.1) is 46.3 Å². The van der Waals surface area contributed by atoms with Crippen molar-refractivity contribution in [3.8, 4) is 0 Å². The first kappa shape index (κ1) is 46.2. The summed E-state index contributed by atoms with van der Waals surface area (Å²) in [5.74, 6) is 3.35. The van der Waals surface area contributed by atoms with Gasteiger partial charge in [-0.05, 0) is 105 Å². The quantitative estimate of drug-likeness (QED) is 0.142. The maximum Gasteiger partial charge on any atom is 0.187 e. The molecule has 1 spiro atoms.